The van der Waals surface area contributed by atoms with E-state index < -0.39 is 10.8 Å². The molecule has 0 spiro atoms. The van der Waals surface area contributed by atoms with Crippen molar-refractivity contribution in [2.75, 3.05) is 13.2 Å². The van der Waals surface area contributed by atoms with Gasteiger partial charge in [-0.25, -0.2) is 29.9 Å². The molecule has 0 aliphatic rings. The highest BCUT2D eigenvalue weighted by atomic mass is 16.3. The molecular formula is C34H42N12O2. The molecular weight excluding hydrogens is 608 g/mol. The maximum atomic E-state index is 10.3. The van der Waals surface area contributed by atoms with Crippen molar-refractivity contribution in [3.05, 3.63) is 146 Å². The summed E-state index contributed by atoms with van der Waals surface area (Å²) < 4.78 is 11.3. The second kappa shape index (κ2) is 14.4. The molecule has 0 atom stereocenters. The number of imidazole rings is 6. The molecule has 0 unspecified atom stereocenters. The maximum absolute atomic E-state index is 10.3. The summed E-state index contributed by atoms with van der Waals surface area (Å²) in [6.45, 7) is -0.346. The van der Waals surface area contributed by atoms with Gasteiger partial charge < -0.3 is 37.6 Å². The molecule has 250 valence electrons. The Morgan fingerprint density at radius 1 is 0.375 bits per heavy atom. The van der Waals surface area contributed by atoms with Crippen molar-refractivity contribution in [3.8, 4) is 0 Å². The third-order valence-corrected chi connectivity index (χ3v) is 8.36. The Balaban J connectivity index is 0.000000160. The van der Waals surface area contributed by atoms with Gasteiger partial charge in [0, 0.05) is 117 Å². The number of aromatic nitrogens is 12. The van der Waals surface area contributed by atoms with Crippen molar-refractivity contribution in [2.45, 2.75) is 10.8 Å². The fourth-order valence-corrected chi connectivity index (χ4v) is 6.07. The number of nitrogens with zero attached hydrogens (tertiary/aromatic N) is 12. The summed E-state index contributed by atoms with van der Waals surface area (Å²) in [5.41, 5.74) is -1.82. The van der Waals surface area contributed by atoms with Gasteiger partial charge in [0.05, 0.1) is 13.2 Å². The monoisotopic (exact) mass is 650 g/mol. The molecule has 0 bridgehead atoms. The normalized spacial score (nSPS) is 11.5. The summed E-state index contributed by atoms with van der Waals surface area (Å²) >= 11 is 0. The van der Waals surface area contributed by atoms with Crippen molar-refractivity contribution < 1.29 is 10.2 Å². The van der Waals surface area contributed by atoms with Crippen LogP contribution in [0.25, 0.3) is 0 Å². The van der Waals surface area contributed by atoms with Crippen LogP contribution in [0.1, 0.15) is 34.9 Å². The minimum absolute atomic E-state index is 0.173. The smallest absolute Gasteiger partial charge is 0.167 e. The van der Waals surface area contributed by atoms with E-state index in [9.17, 15) is 10.2 Å². The van der Waals surface area contributed by atoms with Gasteiger partial charge in [-0.3, -0.25) is 0 Å². The fourth-order valence-electron chi connectivity index (χ4n) is 6.07. The highest BCUT2D eigenvalue weighted by molar-refractivity contribution is 5.37. The first-order valence-corrected chi connectivity index (χ1v) is 15.3. The Hall–Kier alpha value is -5.60. The van der Waals surface area contributed by atoms with E-state index in [-0.39, 0.29) is 13.2 Å². The summed E-state index contributed by atoms with van der Waals surface area (Å²) in [4.78, 5) is 26.7. The molecule has 14 nitrogen and oxygen atoms in total. The molecule has 0 aliphatic heterocycles. The summed E-state index contributed by atoms with van der Waals surface area (Å²) in [6, 6.07) is 12.0. The first kappa shape index (κ1) is 33.8. The standard InChI is InChI=1S/2C14H18N6O.C6H6/c2*1-18-7-4-15-11(18)14(10-21,12-16-5-8-19(12)2)13-17-6-9-20(13)3;1-2-4-6-5-3-1/h2*4-9,21H,10H2,1-3H3;1-6H. The molecule has 6 heterocycles. The van der Waals surface area contributed by atoms with Gasteiger partial charge in [-0.2, -0.15) is 0 Å². The van der Waals surface area contributed by atoms with Gasteiger partial charge in [0.15, 0.2) is 10.8 Å². The maximum Gasteiger partial charge on any atom is 0.167 e. The van der Waals surface area contributed by atoms with Gasteiger partial charge in [-0.1, -0.05) is 36.4 Å². The zero-order valence-electron chi connectivity index (χ0n) is 28.1. The molecule has 1 aromatic carbocycles. The molecule has 0 saturated carbocycles. The number of aliphatic hydroxyl groups is 2. The zero-order valence-corrected chi connectivity index (χ0v) is 28.1. The highest BCUT2D eigenvalue weighted by Gasteiger charge is 2.47. The van der Waals surface area contributed by atoms with Crippen LogP contribution in [0.5, 0.6) is 0 Å². The van der Waals surface area contributed by atoms with Crippen LogP contribution >= 0.6 is 0 Å². The second-order valence-corrected chi connectivity index (χ2v) is 11.5. The van der Waals surface area contributed by atoms with Crippen LogP contribution < -0.4 is 0 Å². The summed E-state index contributed by atoms with van der Waals surface area (Å²) in [5.74, 6) is 4.21. The topological polar surface area (TPSA) is 147 Å². The van der Waals surface area contributed by atoms with Crippen LogP contribution in [0.2, 0.25) is 0 Å². The summed E-state index contributed by atoms with van der Waals surface area (Å²) in [6.07, 6.45) is 21.4. The van der Waals surface area contributed by atoms with Gasteiger partial charge in [-0.05, 0) is 0 Å². The lowest BCUT2D eigenvalue weighted by Gasteiger charge is -2.30. The third kappa shape index (κ3) is 5.98. The molecule has 0 fully saturated rings. The van der Waals surface area contributed by atoms with Gasteiger partial charge in [0.1, 0.15) is 34.9 Å². The molecule has 14 heteroatoms. The Bertz CT molecular complexity index is 1660. The molecule has 7 aromatic rings. The predicted molar refractivity (Wildman–Crippen MR) is 180 cm³/mol. The second-order valence-electron chi connectivity index (χ2n) is 11.5. The lowest BCUT2D eigenvalue weighted by atomic mass is 9.85. The third-order valence-electron chi connectivity index (χ3n) is 8.36. The van der Waals surface area contributed by atoms with Crippen LogP contribution in [0.3, 0.4) is 0 Å². The van der Waals surface area contributed by atoms with E-state index in [1.165, 1.54) is 0 Å². The fraction of sp³-hybridized carbons (Fsp3) is 0.294. The van der Waals surface area contributed by atoms with Crippen molar-refractivity contribution in [3.63, 3.8) is 0 Å². The summed E-state index contributed by atoms with van der Waals surface area (Å²) in [7, 11) is 11.4. The van der Waals surface area contributed by atoms with Crippen LogP contribution in [-0.4, -0.2) is 80.7 Å². The number of benzene rings is 1. The summed E-state index contributed by atoms with van der Waals surface area (Å²) in [5, 5.41) is 20.6. The van der Waals surface area contributed by atoms with Crippen molar-refractivity contribution in [1.82, 2.24) is 57.3 Å². The molecule has 6 aromatic heterocycles. The number of rotatable bonds is 8. The van der Waals surface area contributed by atoms with Crippen molar-refractivity contribution in [1.29, 1.82) is 0 Å². The minimum atomic E-state index is -0.908. The first-order valence-electron chi connectivity index (χ1n) is 15.3. The first-order chi connectivity index (χ1) is 23.2. The van der Waals surface area contributed by atoms with Crippen molar-refractivity contribution >= 4 is 0 Å². The SMILES string of the molecule is Cn1ccnc1C(CO)(c1nccn1C)c1nccn1C.Cn1ccnc1C(CO)(c1nccn1C)c1nccn1C.c1ccccc1. The van der Waals surface area contributed by atoms with E-state index in [2.05, 4.69) is 29.9 Å². The lowest BCUT2D eigenvalue weighted by molar-refractivity contribution is 0.218. The average molecular weight is 651 g/mol. The van der Waals surface area contributed by atoms with Crippen molar-refractivity contribution in [2.24, 2.45) is 42.3 Å². The highest BCUT2D eigenvalue weighted by Crippen LogP contribution is 2.36. The molecule has 0 aliphatic carbocycles. The van der Waals surface area contributed by atoms with E-state index in [1.54, 1.807) is 37.2 Å². The van der Waals surface area contributed by atoms with Gasteiger partial charge >= 0.3 is 0 Å². The molecule has 0 saturated heterocycles. The molecule has 48 heavy (non-hydrogen) atoms. The van der Waals surface area contributed by atoms with Crippen LogP contribution in [0, 0.1) is 0 Å². The van der Waals surface area contributed by atoms with Gasteiger partial charge in [0.25, 0.3) is 0 Å². The number of hydrogen-bond donors (Lipinski definition) is 2. The van der Waals surface area contributed by atoms with Crippen LogP contribution in [0.4, 0.5) is 0 Å². The molecule has 0 radical (unpaired) electrons. The number of aliphatic hydroxyl groups excluding tert-OH is 2. The Morgan fingerprint density at radius 2 is 0.542 bits per heavy atom. The van der Waals surface area contributed by atoms with E-state index in [0.29, 0.717) is 34.9 Å². The van der Waals surface area contributed by atoms with E-state index in [4.69, 9.17) is 0 Å². The lowest BCUT2D eigenvalue weighted by Crippen LogP contribution is -2.41. The van der Waals surface area contributed by atoms with Crippen LogP contribution in [0.15, 0.2) is 111 Å². The van der Waals surface area contributed by atoms with Gasteiger partial charge in [0.2, 0.25) is 0 Å². The van der Waals surface area contributed by atoms with Crippen LogP contribution in [-0.2, 0) is 53.1 Å². The predicted octanol–water partition coefficient (Wildman–Crippen LogP) is 2.11. The molecule has 0 amide bonds. The van der Waals surface area contributed by atoms with E-state index in [1.807, 2.05) is 143 Å². The zero-order chi connectivity index (χ0) is 34.3. The van der Waals surface area contributed by atoms with E-state index >= 15 is 0 Å². The average Bonchev–Trinajstić information content (AvgIpc) is 3.96. The quantitative estimate of drug-likeness (QED) is 0.254. The van der Waals surface area contributed by atoms with E-state index in [0.717, 1.165) is 0 Å². The van der Waals surface area contributed by atoms with Gasteiger partial charge in [-0.15, -0.1) is 0 Å². The number of aryl methyl sites for hydroxylation is 6. The minimum Gasteiger partial charge on any atom is -0.394 e. The largest absolute Gasteiger partial charge is 0.394 e. The molecule has 7 rings (SSSR count). The Kier molecular flexibility index (Phi) is 10.2. The number of hydrogen-bond acceptors (Lipinski definition) is 8. The Labute approximate surface area is 279 Å². The molecule has 2 N–H and O–H groups in total. The Morgan fingerprint density at radius 3 is 0.646 bits per heavy atom.